The van der Waals surface area contributed by atoms with Crippen molar-refractivity contribution in [2.45, 2.75) is 12.3 Å². The molecule has 3 rings (SSSR count). The highest BCUT2D eigenvalue weighted by molar-refractivity contribution is 6.31. The molecule has 0 aliphatic rings. The Labute approximate surface area is 148 Å². The molecule has 7 nitrogen and oxygen atoms in total. The van der Waals surface area contributed by atoms with Crippen molar-refractivity contribution in [3.05, 3.63) is 63.6 Å². The van der Waals surface area contributed by atoms with Gasteiger partial charge >= 0.3 is 6.18 Å². The molecule has 3 aromatic rings. The summed E-state index contributed by atoms with van der Waals surface area (Å²) in [5.41, 5.74) is -0.328. The molecule has 0 N–H and O–H groups in total. The van der Waals surface area contributed by atoms with E-state index in [0.717, 1.165) is 18.3 Å². The summed E-state index contributed by atoms with van der Waals surface area (Å²) in [6, 6.07) is 6.05. The summed E-state index contributed by atoms with van der Waals surface area (Å²) in [5.74, 6) is -0.542. The third kappa shape index (κ3) is 3.64. The largest absolute Gasteiger partial charge is 0.457 e. The summed E-state index contributed by atoms with van der Waals surface area (Å²) in [6.07, 6.45) is -4.76. The van der Waals surface area contributed by atoms with E-state index in [2.05, 4.69) is 15.0 Å². The quantitative estimate of drug-likeness (QED) is 0.493. The lowest BCUT2D eigenvalue weighted by Crippen LogP contribution is -2.26. The third-order valence-electron chi connectivity index (χ3n) is 3.30. The molecule has 0 radical (unpaired) electrons. The van der Waals surface area contributed by atoms with Crippen molar-refractivity contribution >= 4 is 28.3 Å². The lowest BCUT2D eigenvalue weighted by molar-refractivity contribution is -0.384. The van der Waals surface area contributed by atoms with E-state index in [1.165, 1.54) is 24.4 Å². The minimum atomic E-state index is -4.75. The summed E-state index contributed by atoms with van der Waals surface area (Å²) in [7, 11) is 0. The molecule has 0 saturated carbocycles. The summed E-state index contributed by atoms with van der Waals surface area (Å²) in [6.45, 7) is 0. The van der Waals surface area contributed by atoms with E-state index in [1.54, 1.807) is 0 Å². The van der Waals surface area contributed by atoms with Gasteiger partial charge in [-0.2, -0.15) is 13.2 Å². The Balaban J connectivity index is 2.02. The van der Waals surface area contributed by atoms with Crippen molar-refractivity contribution in [3.8, 4) is 5.88 Å². The van der Waals surface area contributed by atoms with Gasteiger partial charge < -0.3 is 4.74 Å². The average molecular weight is 385 g/mol. The second-order valence-corrected chi connectivity index (χ2v) is 5.43. The monoisotopic (exact) mass is 384 g/mol. The first kappa shape index (κ1) is 17.8. The topological polar surface area (TPSA) is 91.0 Å². The van der Waals surface area contributed by atoms with Crippen LogP contribution in [0, 0.1) is 10.1 Å². The van der Waals surface area contributed by atoms with Crippen LogP contribution in [-0.2, 0) is 0 Å². The molecule has 2 heterocycles. The van der Waals surface area contributed by atoms with E-state index in [9.17, 15) is 23.3 Å². The SMILES string of the molecule is O=[N+]([O-])c1ccc2nc(OC(c3cccnc3)C(F)(F)F)c(Cl)nc2c1. The van der Waals surface area contributed by atoms with Crippen LogP contribution in [0.5, 0.6) is 5.88 Å². The van der Waals surface area contributed by atoms with Gasteiger partial charge in [0, 0.05) is 30.1 Å². The Morgan fingerprint density at radius 1 is 1.19 bits per heavy atom. The van der Waals surface area contributed by atoms with Gasteiger partial charge in [0.25, 0.3) is 11.6 Å². The molecule has 1 atom stereocenters. The van der Waals surface area contributed by atoms with Gasteiger partial charge in [0.1, 0.15) is 0 Å². The molecule has 1 unspecified atom stereocenters. The number of nitrogens with zero attached hydrogens (tertiary/aromatic N) is 4. The van der Waals surface area contributed by atoms with Gasteiger partial charge in [-0.05, 0) is 12.1 Å². The van der Waals surface area contributed by atoms with E-state index >= 15 is 0 Å². The van der Waals surface area contributed by atoms with Crippen LogP contribution in [-0.4, -0.2) is 26.1 Å². The van der Waals surface area contributed by atoms with Gasteiger partial charge in [0.15, 0.2) is 5.15 Å². The molecule has 0 spiro atoms. The Bertz CT molecular complexity index is 970. The van der Waals surface area contributed by atoms with Crippen molar-refractivity contribution in [3.63, 3.8) is 0 Å². The molecular formula is C15H8ClF3N4O3. The number of non-ortho nitro benzene ring substituents is 1. The number of nitro benzene ring substituents is 1. The number of fused-ring (bicyclic) bond motifs is 1. The number of alkyl halides is 3. The highest BCUT2D eigenvalue weighted by Crippen LogP contribution is 2.38. The van der Waals surface area contributed by atoms with Crippen LogP contribution < -0.4 is 4.74 Å². The minimum absolute atomic E-state index is 0.0569. The number of aromatic nitrogens is 3. The molecule has 11 heteroatoms. The number of ether oxygens (including phenoxy) is 1. The zero-order valence-corrected chi connectivity index (χ0v) is 13.4. The van der Waals surface area contributed by atoms with Crippen LogP contribution in [0.2, 0.25) is 5.15 Å². The Morgan fingerprint density at radius 3 is 2.58 bits per heavy atom. The maximum absolute atomic E-state index is 13.4. The Hall–Kier alpha value is -3.01. The maximum Gasteiger partial charge on any atom is 0.429 e. The molecule has 0 saturated heterocycles. The second kappa shape index (κ2) is 6.71. The van der Waals surface area contributed by atoms with Gasteiger partial charge in [-0.1, -0.05) is 17.7 Å². The lowest BCUT2D eigenvalue weighted by atomic mass is 10.1. The summed E-state index contributed by atoms with van der Waals surface area (Å²) < 4.78 is 45.1. The molecule has 0 aliphatic carbocycles. The van der Waals surface area contributed by atoms with E-state index in [0.29, 0.717) is 0 Å². The number of benzene rings is 1. The highest BCUT2D eigenvalue weighted by Gasteiger charge is 2.44. The standard InChI is InChI=1S/C15H8ClF3N4O3/c16-13-14(22-10-4-3-9(23(24)25)6-11(10)21-13)26-12(15(17,18)19)8-2-1-5-20-7-8/h1-7,12H. The molecule has 1 aromatic carbocycles. The lowest BCUT2D eigenvalue weighted by Gasteiger charge is -2.21. The first-order valence-corrected chi connectivity index (χ1v) is 7.38. The van der Waals surface area contributed by atoms with Crippen LogP contribution >= 0.6 is 11.6 Å². The number of nitro groups is 1. The van der Waals surface area contributed by atoms with E-state index < -0.39 is 28.2 Å². The fourth-order valence-electron chi connectivity index (χ4n) is 2.16. The molecule has 26 heavy (non-hydrogen) atoms. The van der Waals surface area contributed by atoms with Gasteiger partial charge in [-0.25, -0.2) is 9.97 Å². The Morgan fingerprint density at radius 2 is 1.96 bits per heavy atom. The van der Waals surface area contributed by atoms with E-state index in [4.69, 9.17) is 16.3 Å². The Kier molecular flexibility index (Phi) is 4.60. The van der Waals surface area contributed by atoms with E-state index in [1.807, 2.05) is 0 Å². The number of hydrogen-bond acceptors (Lipinski definition) is 6. The number of halogens is 4. The maximum atomic E-state index is 13.4. The average Bonchev–Trinajstić information content (AvgIpc) is 2.59. The predicted molar refractivity (Wildman–Crippen MR) is 84.9 cm³/mol. The number of rotatable bonds is 4. The van der Waals surface area contributed by atoms with Crippen molar-refractivity contribution in [1.82, 2.24) is 15.0 Å². The zero-order chi connectivity index (χ0) is 18.9. The number of hydrogen-bond donors (Lipinski definition) is 0. The first-order chi connectivity index (χ1) is 12.3. The van der Waals surface area contributed by atoms with Gasteiger partial charge in [0.2, 0.25) is 6.10 Å². The zero-order valence-electron chi connectivity index (χ0n) is 12.6. The smallest absolute Gasteiger partial charge is 0.429 e. The van der Waals surface area contributed by atoms with Crippen LogP contribution in [0.3, 0.4) is 0 Å². The van der Waals surface area contributed by atoms with Crippen LogP contribution in [0.25, 0.3) is 11.0 Å². The van der Waals surface area contributed by atoms with Gasteiger partial charge in [0.05, 0.1) is 16.0 Å². The predicted octanol–water partition coefficient (Wildman–Crippen LogP) is 4.27. The fourth-order valence-corrected chi connectivity index (χ4v) is 2.34. The third-order valence-corrected chi connectivity index (χ3v) is 3.55. The molecular weight excluding hydrogens is 377 g/mol. The van der Waals surface area contributed by atoms with Crippen molar-refractivity contribution < 1.29 is 22.8 Å². The van der Waals surface area contributed by atoms with Gasteiger partial charge in [-0.3, -0.25) is 15.1 Å². The van der Waals surface area contributed by atoms with Crippen LogP contribution in [0.15, 0.2) is 42.7 Å². The summed E-state index contributed by atoms with van der Waals surface area (Å²) in [4.78, 5) is 21.5. The minimum Gasteiger partial charge on any atom is -0.457 e. The van der Waals surface area contributed by atoms with Gasteiger partial charge in [-0.15, -0.1) is 0 Å². The molecule has 0 amide bonds. The van der Waals surface area contributed by atoms with E-state index in [-0.39, 0.29) is 22.3 Å². The second-order valence-electron chi connectivity index (χ2n) is 5.08. The first-order valence-electron chi connectivity index (χ1n) is 7.00. The summed E-state index contributed by atoms with van der Waals surface area (Å²) in [5, 5.41) is 10.3. The summed E-state index contributed by atoms with van der Waals surface area (Å²) >= 11 is 5.87. The number of pyridine rings is 1. The fraction of sp³-hybridized carbons (Fsp3) is 0.133. The molecule has 0 aliphatic heterocycles. The van der Waals surface area contributed by atoms with Crippen LogP contribution in [0.4, 0.5) is 18.9 Å². The molecule has 0 fully saturated rings. The highest BCUT2D eigenvalue weighted by atomic mass is 35.5. The normalized spacial score (nSPS) is 12.8. The van der Waals surface area contributed by atoms with Crippen molar-refractivity contribution in [2.24, 2.45) is 0 Å². The molecule has 134 valence electrons. The van der Waals surface area contributed by atoms with Crippen LogP contribution in [0.1, 0.15) is 11.7 Å². The van der Waals surface area contributed by atoms with Crippen molar-refractivity contribution in [1.29, 1.82) is 0 Å². The van der Waals surface area contributed by atoms with Crippen molar-refractivity contribution in [2.75, 3.05) is 0 Å². The molecule has 2 aromatic heterocycles. The molecule has 0 bridgehead atoms.